The Bertz CT molecular complexity index is 888. The van der Waals surface area contributed by atoms with Crippen LogP contribution in [0.3, 0.4) is 0 Å². The minimum Gasteiger partial charge on any atom is -0.326 e. The average Bonchev–Trinajstić information content (AvgIpc) is 2.96. The molecule has 1 aromatic carbocycles. The van der Waals surface area contributed by atoms with Gasteiger partial charge in [-0.3, -0.25) is 9.71 Å². The van der Waals surface area contributed by atoms with Crippen molar-refractivity contribution in [2.45, 2.75) is 10.8 Å². The number of anilines is 1. The normalized spacial score (nSPS) is 11.7. The van der Waals surface area contributed by atoms with Crippen LogP contribution in [0.15, 0.2) is 52.2 Å². The molecule has 2 heterocycles. The standard InChI is InChI=1S/C14H13N3O2S2/c15-7-10-5-14(20-9-10)21(18,19)17-12-6-11-3-1-2-4-13(11)16-8-12/h1-6,8-9,17H,7,15H2. The van der Waals surface area contributed by atoms with Crippen LogP contribution in [0.25, 0.3) is 10.9 Å². The molecule has 0 saturated carbocycles. The number of sulfonamides is 1. The largest absolute Gasteiger partial charge is 0.326 e. The maximum Gasteiger partial charge on any atom is 0.271 e. The molecule has 2 aromatic heterocycles. The van der Waals surface area contributed by atoms with Crippen molar-refractivity contribution in [3.05, 3.63) is 53.5 Å². The minimum atomic E-state index is -3.60. The molecule has 3 N–H and O–H groups in total. The number of benzene rings is 1. The Balaban J connectivity index is 1.93. The van der Waals surface area contributed by atoms with Crippen molar-refractivity contribution in [1.29, 1.82) is 0 Å². The molecule has 108 valence electrons. The van der Waals surface area contributed by atoms with Gasteiger partial charge in [0.05, 0.1) is 17.4 Å². The van der Waals surface area contributed by atoms with Crippen LogP contribution in [0.1, 0.15) is 5.56 Å². The number of nitrogens with one attached hydrogen (secondary N) is 1. The van der Waals surface area contributed by atoms with E-state index >= 15 is 0 Å². The lowest BCUT2D eigenvalue weighted by atomic mass is 10.2. The minimum absolute atomic E-state index is 0.246. The highest BCUT2D eigenvalue weighted by atomic mass is 32.2. The van der Waals surface area contributed by atoms with Crippen molar-refractivity contribution in [3.63, 3.8) is 0 Å². The zero-order valence-electron chi connectivity index (χ0n) is 11.0. The number of pyridine rings is 1. The molecule has 0 aliphatic heterocycles. The third kappa shape index (κ3) is 2.90. The van der Waals surface area contributed by atoms with E-state index in [9.17, 15) is 8.42 Å². The summed E-state index contributed by atoms with van der Waals surface area (Å²) >= 11 is 1.15. The van der Waals surface area contributed by atoms with Gasteiger partial charge in [-0.15, -0.1) is 11.3 Å². The zero-order chi connectivity index (χ0) is 14.9. The molecular formula is C14H13N3O2S2. The van der Waals surface area contributed by atoms with Crippen LogP contribution in [0.4, 0.5) is 5.69 Å². The first-order chi connectivity index (χ1) is 10.1. The number of hydrogen-bond donors (Lipinski definition) is 2. The first-order valence-electron chi connectivity index (χ1n) is 6.23. The maximum absolute atomic E-state index is 12.3. The molecular weight excluding hydrogens is 306 g/mol. The summed E-state index contributed by atoms with van der Waals surface area (Å²) in [5.74, 6) is 0. The quantitative estimate of drug-likeness (QED) is 0.774. The van der Waals surface area contributed by atoms with Crippen LogP contribution in [-0.4, -0.2) is 13.4 Å². The molecule has 3 rings (SSSR count). The van der Waals surface area contributed by atoms with E-state index in [1.54, 1.807) is 17.5 Å². The summed E-state index contributed by atoms with van der Waals surface area (Å²) in [6, 6.07) is 10.9. The molecule has 0 fully saturated rings. The van der Waals surface area contributed by atoms with Crippen LogP contribution in [0.5, 0.6) is 0 Å². The van der Waals surface area contributed by atoms with E-state index in [2.05, 4.69) is 9.71 Å². The van der Waals surface area contributed by atoms with Gasteiger partial charge in [0, 0.05) is 11.9 Å². The molecule has 0 atom stereocenters. The lowest BCUT2D eigenvalue weighted by molar-refractivity contribution is 0.603. The van der Waals surface area contributed by atoms with E-state index in [0.29, 0.717) is 12.2 Å². The molecule has 0 aliphatic carbocycles. The second-order valence-electron chi connectivity index (χ2n) is 4.50. The van der Waals surface area contributed by atoms with Gasteiger partial charge in [-0.2, -0.15) is 0 Å². The number of hydrogen-bond acceptors (Lipinski definition) is 5. The summed E-state index contributed by atoms with van der Waals surface area (Å²) in [6.07, 6.45) is 1.51. The maximum atomic E-state index is 12.3. The predicted molar refractivity (Wildman–Crippen MR) is 84.8 cm³/mol. The summed E-state index contributed by atoms with van der Waals surface area (Å²) in [6.45, 7) is 0.323. The molecule has 0 amide bonds. The molecule has 0 unspecified atom stereocenters. The van der Waals surface area contributed by atoms with Gasteiger partial charge in [0.2, 0.25) is 0 Å². The van der Waals surface area contributed by atoms with E-state index < -0.39 is 10.0 Å². The Kier molecular flexibility index (Phi) is 3.62. The highest BCUT2D eigenvalue weighted by molar-refractivity contribution is 7.94. The number of thiophene rings is 1. The van der Waals surface area contributed by atoms with Gasteiger partial charge < -0.3 is 5.73 Å². The summed E-state index contributed by atoms with van der Waals surface area (Å²) in [4.78, 5) is 4.24. The number of nitrogens with two attached hydrogens (primary N) is 1. The van der Waals surface area contributed by atoms with Crippen LogP contribution in [0.2, 0.25) is 0 Å². The number of fused-ring (bicyclic) bond motifs is 1. The van der Waals surface area contributed by atoms with Crippen molar-refractivity contribution in [1.82, 2.24) is 4.98 Å². The molecule has 3 aromatic rings. The molecule has 0 bridgehead atoms. The van der Waals surface area contributed by atoms with Gasteiger partial charge in [-0.05, 0) is 29.1 Å². The number of nitrogens with zero attached hydrogens (tertiary/aromatic N) is 1. The molecule has 21 heavy (non-hydrogen) atoms. The second kappa shape index (κ2) is 5.44. The Morgan fingerprint density at radius 3 is 2.81 bits per heavy atom. The fourth-order valence-corrected chi connectivity index (χ4v) is 4.19. The fraction of sp³-hybridized carbons (Fsp3) is 0.0714. The first-order valence-corrected chi connectivity index (χ1v) is 8.60. The van der Waals surface area contributed by atoms with Crippen molar-refractivity contribution >= 4 is 38.0 Å². The highest BCUT2D eigenvalue weighted by Gasteiger charge is 2.17. The van der Waals surface area contributed by atoms with Gasteiger partial charge >= 0.3 is 0 Å². The smallest absolute Gasteiger partial charge is 0.271 e. The second-order valence-corrected chi connectivity index (χ2v) is 7.32. The molecule has 0 spiro atoms. The monoisotopic (exact) mass is 319 g/mol. The van der Waals surface area contributed by atoms with Crippen LogP contribution in [0, 0.1) is 0 Å². The summed E-state index contributed by atoms with van der Waals surface area (Å²) in [7, 11) is -3.60. The van der Waals surface area contributed by atoms with E-state index in [-0.39, 0.29) is 4.21 Å². The fourth-order valence-electron chi connectivity index (χ4n) is 1.93. The number of rotatable bonds is 4. The van der Waals surface area contributed by atoms with Crippen molar-refractivity contribution in [2.75, 3.05) is 4.72 Å². The Morgan fingerprint density at radius 1 is 1.24 bits per heavy atom. The molecule has 7 heteroatoms. The van der Waals surface area contributed by atoms with Crippen LogP contribution >= 0.6 is 11.3 Å². The van der Waals surface area contributed by atoms with Gasteiger partial charge in [0.25, 0.3) is 10.0 Å². The molecule has 5 nitrogen and oxygen atoms in total. The lowest BCUT2D eigenvalue weighted by Crippen LogP contribution is -2.11. The lowest BCUT2D eigenvalue weighted by Gasteiger charge is -2.06. The summed E-state index contributed by atoms with van der Waals surface area (Å²) in [5.41, 5.74) is 7.57. The van der Waals surface area contributed by atoms with Gasteiger partial charge in [-0.25, -0.2) is 8.42 Å². The van der Waals surface area contributed by atoms with Crippen LogP contribution in [-0.2, 0) is 16.6 Å². The average molecular weight is 319 g/mol. The van der Waals surface area contributed by atoms with Crippen molar-refractivity contribution < 1.29 is 8.42 Å². The zero-order valence-corrected chi connectivity index (χ0v) is 12.6. The van der Waals surface area contributed by atoms with E-state index in [1.165, 1.54) is 6.20 Å². The third-order valence-electron chi connectivity index (χ3n) is 2.97. The molecule has 0 saturated heterocycles. The summed E-state index contributed by atoms with van der Waals surface area (Å²) in [5, 5.41) is 2.62. The topological polar surface area (TPSA) is 85.1 Å². The molecule has 0 aliphatic rings. The van der Waals surface area contributed by atoms with Crippen LogP contribution < -0.4 is 10.5 Å². The van der Waals surface area contributed by atoms with E-state index in [0.717, 1.165) is 27.8 Å². The third-order valence-corrected chi connectivity index (χ3v) is 5.84. The van der Waals surface area contributed by atoms with E-state index in [1.807, 2.05) is 24.3 Å². The van der Waals surface area contributed by atoms with Gasteiger partial charge in [0.1, 0.15) is 4.21 Å². The van der Waals surface area contributed by atoms with Crippen molar-refractivity contribution in [2.24, 2.45) is 5.73 Å². The van der Waals surface area contributed by atoms with Gasteiger partial charge in [-0.1, -0.05) is 18.2 Å². The Labute approximate surface area is 126 Å². The Morgan fingerprint density at radius 2 is 2.05 bits per heavy atom. The molecule has 0 radical (unpaired) electrons. The van der Waals surface area contributed by atoms with Crippen molar-refractivity contribution in [3.8, 4) is 0 Å². The van der Waals surface area contributed by atoms with E-state index in [4.69, 9.17) is 5.73 Å². The highest BCUT2D eigenvalue weighted by Crippen LogP contribution is 2.24. The SMILES string of the molecule is NCc1csc(S(=O)(=O)Nc2cnc3ccccc3c2)c1. The Hall–Kier alpha value is -1.96. The van der Waals surface area contributed by atoms with Gasteiger partial charge in [0.15, 0.2) is 0 Å². The number of para-hydroxylation sites is 1. The first kappa shape index (κ1) is 14.0. The number of aromatic nitrogens is 1. The summed E-state index contributed by atoms with van der Waals surface area (Å²) < 4.78 is 27.4. The predicted octanol–water partition coefficient (Wildman–Crippen LogP) is 2.56.